The first-order valence-corrected chi connectivity index (χ1v) is 12.7. The number of nitriles is 1. The predicted octanol–water partition coefficient (Wildman–Crippen LogP) is 5.93. The molecule has 2 aromatic heterocycles. The summed E-state index contributed by atoms with van der Waals surface area (Å²) in [4.78, 5) is -0.176. The molecule has 2 heterocycles. The van der Waals surface area contributed by atoms with Crippen molar-refractivity contribution in [2.24, 2.45) is 0 Å². The number of ether oxygens (including phenoxy) is 2. The maximum absolute atomic E-state index is 13.7. The van der Waals surface area contributed by atoms with Crippen molar-refractivity contribution < 1.29 is 22.1 Å². The van der Waals surface area contributed by atoms with E-state index in [1.54, 1.807) is 24.4 Å². The number of aromatic nitrogens is 1. The van der Waals surface area contributed by atoms with E-state index in [0.717, 1.165) is 16.8 Å². The molecule has 0 unspecified atom stereocenters. The maximum atomic E-state index is 13.7. The van der Waals surface area contributed by atoms with Crippen LogP contribution in [0, 0.1) is 11.3 Å². The van der Waals surface area contributed by atoms with Gasteiger partial charge in [-0.3, -0.25) is 0 Å². The number of benzene rings is 3. The van der Waals surface area contributed by atoms with E-state index in [1.165, 1.54) is 26.4 Å². The first-order valence-electron chi connectivity index (χ1n) is 11.3. The lowest BCUT2D eigenvalue weighted by atomic mass is 10.0. The Balaban J connectivity index is 1.84. The van der Waals surface area contributed by atoms with Crippen LogP contribution in [0.25, 0.3) is 27.9 Å². The Morgan fingerprint density at radius 3 is 2.11 bits per heavy atom. The Hall–Kier alpha value is -4.74. The highest BCUT2D eigenvalue weighted by molar-refractivity contribution is 7.87. The molecule has 5 aromatic rings. The van der Waals surface area contributed by atoms with Crippen molar-refractivity contribution in [1.82, 2.24) is 4.40 Å². The van der Waals surface area contributed by atoms with Crippen LogP contribution in [0.3, 0.4) is 0 Å². The monoisotopic (exact) mass is 510 g/mol. The molecule has 8 heteroatoms. The summed E-state index contributed by atoms with van der Waals surface area (Å²) < 4.78 is 45.8. The first kappa shape index (κ1) is 24.0. The van der Waals surface area contributed by atoms with Crippen molar-refractivity contribution in [3.8, 4) is 45.7 Å². The average molecular weight is 511 g/mol. The topological polar surface area (TPSA) is 90.0 Å². The van der Waals surface area contributed by atoms with Crippen molar-refractivity contribution in [3.05, 3.63) is 103 Å². The molecule has 0 N–H and O–H groups in total. The minimum Gasteiger partial charge on any atom is -0.497 e. The SMILES string of the molecule is COc1ccc(OC)c(S(=O)(=O)Oc2c(-c3ccccc3)c(-c3ccccc3)n3ccc(C#N)cc23)c1. The molecular formula is C29H22N2O5S. The van der Waals surface area contributed by atoms with E-state index in [1.807, 2.05) is 65.1 Å². The highest BCUT2D eigenvalue weighted by atomic mass is 32.2. The lowest BCUT2D eigenvalue weighted by Gasteiger charge is -2.13. The van der Waals surface area contributed by atoms with E-state index < -0.39 is 10.1 Å². The quantitative estimate of drug-likeness (QED) is 0.252. The third-order valence-corrected chi connectivity index (χ3v) is 7.21. The summed E-state index contributed by atoms with van der Waals surface area (Å²) in [6.07, 6.45) is 1.74. The smallest absolute Gasteiger partial charge is 0.343 e. The first-order chi connectivity index (χ1) is 18.0. The van der Waals surface area contributed by atoms with Gasteiger partial charge in [0.1, 0.15) is 11.5 Å². The van der Waals surface area contributed by atoms with Crippen molar-refractivity contribution >= 4 is 15.6 Å². The summed E-state index contributed by atoms with van der Waals surface area (Å²) >= 11 is 0. The summed E-state index contributed by atoms with van der Waals surface area (Å²) in [5.41, 5.74) is 3.72. The molecule has 0 aliphatic carbocycles. The Bertz CT molecular complexity index is 1740. The Labute approximate surface area is 214 Å². The number of hydrogen-bond acceptors (Lipinski definition) is 6. The van der Waals surface area contributed by atoms with E-state index >= 15 is 0 Å². The van der Waals surface area contributed by atoms with Crippen LogP contribution in [0.2, 0.25) is 0 Å². The zero-order chi connectivity index (χ0) is 26.0. The Kier molecular flexibility index (Phi) is 6.30. The summed E-state index contributed by atoms with van der Waals surface area (Å²) in [7, 11) is -1.57. The normalized spacial score (nSPS) is 11.2. The van der Waals surface area contributed by atoms with Gasteiger partial charge in [-0.25, -0.2) is 0 Å². The summed E-state index contributed by atoms with van der Waals surface area (Å²) in [5, 5.41) is 9.59. The van der Waals surface area contributed by atoms with Gasteiger partial charge in [0.05, 0.1) is 42.6 Å². The Morgan fingerprint density at radius 2 is 1.49 bits per heavy atom. The van der Waals surface area contributed by atoms with Gasteiger partial charge in [-0.15, -0.1) is 0 Å². The van der Waals surface area contributed by atoms with Crippen molar-refractivity contribution in [1.29, 1.82) is 5.26 Å². The summed E-state index contributed by atoms with van der Waals surface area (Å²) in [5.74, 6) is 0.559. The average Bonchev–Trinajstić information content (AvgIpc) is 3.26. The van der Waals surface area contributed by atoms with Crippen molar-refractivity contribution in [2.45, 2.75) is 4.90 Å². The van der Waals surface area contributed by atoms with Gasteiger partial charge in [0.2, 0.25) is 0 Å². The van der Waals surface area contributed by atoms with Gasteiger partial charge in [-0.05, 0) is 35.4 Å². The highest BCUT2D eigenvalue weighted by Gasteiger charge is 2.29. The maximum Gasteiger partial charge on any atom is 0.343 e. The number of methoxy groups -OCH3 is 2. The van der Waals surface area contributed by atoms with Crippen LogP contribution in [-0.4, -0.2) is 27.0 Å². The molecule has 3 aromatic carbocycles. The lowest BCUT2D eigenvalue weighted by molar-refractivity contribution is 0.388. The molecular weight excluding hydrogens is 488 g/mol. The van der Waals surface area contributed by atoms with Crippen LogP contribution in [0.1, 0.15) is 5.56 Å². The van der Waals surface area contributed by atoms with Gasteiger partial charge in [-0.2, -0.15) is 13.7 Å². The fraction of sp³-hybridized carbons (Fsp3) is 0.0690. The van der Waals surface area contributed by atoms with Crippen LogP contribution < -0.4 is 13.7 Å². The molecule has 184 valence electrons. The third kappa shape index (κ3) is 4.37. The summed E-state index contributed by atoms with van der Waals surface area (Å²) in [6, 6.07) is 28.9. The molecule has 0 fully saturated rings. The number of fused-ring (bicyclic) bond motifs is 1. The van der Waals surface area contributed by atoms with Crippen LogP contribution in [0.4, 0.5) is 0 Å². The second-order valence-electron chi connectivity index (χ2n) is 8.12. The molecule has 0 saturated heterocycles. The van der Waals surface area contributed by atoms with Gasteiger partial charge < -0.3 is 18.1 Å². The second-order valence-corrected chi connectivity index (χ2v) is 9.64. The number of hydrogen-bond donors (Lipinski definition) is 0. The molecule has 0 saturated carbocycles. The van der Waals surface area contributed by atoms with Gasteiger partial charge in [0, 0.05) is 12.3 Å². The lowest BCUT2D eigenvalue weighted by Crippen LogP contribution is -2.12. The Morgan fingerprint density at radius 1 is 0.811 bits per heavy atom. The van der Waals surface area contributed by atoms with E-state index in [9.17, 15) is 13.7 Å². The number of rotatable bonds is 7. The van der Waals surface area contributed by atoms with Crippen LogP contribution in [-0.2, 0) is 10.1 Å². The van der Waals surface area contributed by atoms with E-state index in [4.69, 9.17) is 13.7 Å². The second kappa shape index (κ2) is 9.72. The summed E-state index contributed by atoms with van der Waals surface area (Å²) in [6.45, 7) is 0. The van der Waals surface area contributed by atoms with Gasteiger partial charge in [0.25, 0.3) is 0 Å². The molecule has 0 spiro atoms. The minimum absolute atomic E-state index is 0.104. The highest BCUT2D eigenvalue weighted by Crippen LogP contribution is 2.46. The number of pyridine rings is 1. The fourth-order valence-electron chi connectivity index (χ4n) is 4.27. The van der Waals surface area contributed by atoms with E-state index in [-0.39, 0.29) is 16.4 Å². The van der Waals surface area contributed by atoms with Crippen LogP contribution in [0.15, 0.2) is 102 Å². The molecule has 37 heavy (non-hydrogen) atoms. The third-order valence-electron chi connectivity index (χ3n) is 5.96. The minimum atomic E-state index is -4.40. The van der Waals surface area contributed by atoms with Gasteiger partial charge >= 0.3 is 10.1 Å². The largest absolute Gasteiger partial charge is 0.497 e. The molecule has 0 aliphatic rings. The fourth-order valence-corrected chi connectivity index (χ4v) is 5.40. The van der Waals surface area contributed by atoms with Crippen molar-refractivity contribution in [3.63, 3.8) is 0 Å². The standard InChI is InChI=1S/C29H22N2O5S/c1-34-23-13-14-25(35-2)26(18-23)37(32,33)36-29-24-17-20(19-30)15-16-31(24)28(22-11-7-4-8-12-22)27(29)21-9-5-3-6-10-21/h3-18H,1-2H3. The van der Waals surface area contributed by atoms with Crippen LogP contribution >= 0.6 is 0 Å². The van der Waals surface area contributed by atoms with Gasteiger partial charge in [-0.1, -0.05) is 60.7 Å². The molecule has 0 radical (unpaired) electrons. The molecule has 5 rings (SSSR count). The molecule has 7 nitrogen and oxygen atoms in total. The van der Waals surface area contributed by atoms with Crippen LogP contribution in [0.5, 0.6) is 17.2 Å². The zero-order valence-corrected chi connectivity index (χ0v) is 20.9. The van der Waals surface area contributed by atoms with Crippen molar-refractivity contribution in [2.75, 3.05) is 14.2 Å². The van der Waals surface area contributed by atoms with Gasteiger partial charge in [0.15, 0.2) is 10.6 Å². The van der Waals surface area contributed by atoms with E-state index in [2.05, 4.69) is 6.07 Å². The molecule has 0 amide bonds. The number of nitrogens with zero attached hydrogens (tertiary/aromatic N) is 2. The molecule has 0 aliphatic heterocycles. The zero-order valence-electron chi connectivity index (χ0n) is 20.1. The predicted molar refractivity (Wildman–Crippen MR) is 140 cm³/mol. The van der Waals surface area contributed by atoms with E-state index in [0.29, 0.717) is 22.4 Å². The molecule has 0 atom stereocenters. The molecule has 0 bridgehead atoms.